The van der Waals surface area contributed by atoms with Crippen molar-refractivity contribution in [2.75, 3.05) is 11.9 Å². The van der Waals surface area contributed by atoms with Gasteiger partial charge in [0.2, 0.25) is 5.91 Å². The van der Waals surface area contributed by atoms with E-state index in [4.69, 9.17) is 5.26 Å². The normalized spacial score (nSPS) is 11.5. The SMILES string of the molecule is Cn1ncc(-c2ccc(NC(=O)[C@@H](NCCc3ccc(C#N)cc3)c3ccccc3)nc2)n1. The maximum Gasteiger partial charge on any atom is 0.247 e. The molecule has 0 saturated heterocycles. The lowest BCUT2D eigenvalue weighted by atomic mass is 10.1. The number of benzene rings is 2. The van der Waals surface area contributed by atoms with Crippen LogP contribution < -0.4 is 10.6 Å². The van der Waals surface area contributed by atoms with Crippen LogP contribution in [0.5, 0.6) is 0 Å². The summed E-state index contributed by atoms with van der Waals surface area (Å²) in [5.41, 5.74) is 4.13. The molecule has 0 radical (unpaired) electrons. The molecule has 2 N–H and O–H groups in total. The van der Waals surface area contributed by atoms with Crippen molar-refractivity contribution in [3.8, 4) is 17.3 Å². The molecule has 0 spiro atoms. The number of rotatable bonds is 8. The van der Waals surface area contributed by atoms with Gasteiger partial charge in [0, 0.05) is 25.4 Å². The number of aromatic nitrogens is 4. The monoisotopic (exact) mass is 437 g/mol. The maximum absolute atomic E-state index is 13.1. The molecule has 0 unspecified atom stereocenters. The van der Waals surface area contributed by atoms with E-state index in [1.165, 1.54) is 4.80 Å². The Bertz CT molecular complexity index is 1240. The van der Waals surface area contributed by atoms with E-state index in [1.807, 2.05) is 48.5 Å². The van der Waals surface area contributed by atoms with Gasteiger partial charge in [-0.3, -0.25) is 4.79 Å². The van der Waals surface area contributed by atoms with Gasteiger partial charge in [-0.05, 0) is 41.8 Å². The largest absolute Gasteiger partial charge is 0.309 e. The number of hydrogen-bond donors (Lipinski definition) is 2. The van der Waals surface area contributed by atoms with Crippen LogP contribution in [0.3, 0.4) is 0 Å². The summed E-state index contributed by atoms with van der Waals surface area (Å²) < 4.78 is 0. The van der Waals surface area contributed by atoms with E-state index in [0.29, 0.717) is 17.9 Å². The highest BCUT2D eigenvalue weighted by Gasteiger charge is 2.20. The molecular formula is C25H23N7O. The molecule has 0 fully saturated rings. The second-order valence-electron chi connectivity index (χ2n) is 7.50. The van der Waals surface area contributed by atoms with Crippen molar-refractivity contribution in [3.63, 3.8) is 0 Å². The standard InChI is InChI=1S/C25H23N7O/c1-32-29-17-22(31-32)21-11-12-23(28-16-21)30-25(33)24(20-5-3-2-4-6-20)27-14-13-18-7-9-19(15-26)10-8-18/h2-12,16-17,24,27H,13-14H2,1H3,(H,28,30,33)/t24-/m0/s1. The molecule has 0 aliphatic heterocycles. The van der Waals surface area contributed by atoms with Crippen LogP contribution in [0.1, 0.15) is 22.7 Å². The number of nitrogens with one attached hydrogen (secondary N) is 2. The summed E-state index contributed by atoms with van der Waals surface area (Å²) in [6.07, 6.45) is 4.06. The molecule has 8 heteroatoms. The molecule has 0 aliphatic rings. The Morgan fingerprint density at radius 1 is 1.06 bits per heavy atom. The van der Waals surface area contributed by atoms with E-state index in [9.17, 15) is 4.79 Å². The highest BCUT2D eigenvalue weighted by atomic mass is 16.2. The highest BCUT2D eigenvalue weighted by molar-refractivity contribution is 5.94. The molecule has 2 aromatic heterocycles. The molecular weight excluding hydrogens is 414 g/mol. The molecule has 2 aromatic carbocycles. The lowest BCUT2D eigenvalue weighted by molar-refractivity contribution is -0.118. The number of anilines is 1. The summed E-state index contributed by atoms with van der Waals surface area (Å²) in [6, 6.07) is 22.2. The molecule has 4 aromatic rings. The fourth-order valence-corrected chi connectivity index (χ4v) is 3.41. The van der Waals surface area contributed by atoms with Crippen molar-refractivity contribution in [2.24, 2.45) is 7.05 Å². The Morgan fingerprint density at radius 3 is 2.48 bits per heavy atom. The first-order valence-electron chi connectivity index (χ1n) is 10.5. The first kappa shape index (κ1) is 21.9. The van der Waals surface area contributed by atoms with Gasteiger partial charge in [-0.2, -0.15) is 20.3 Å². The Balaban J connectivity index is 1.42. The Labute approximate surface area is 191 Å². The minimum absolute atomic E-state index is 0.194. The van der Waals surface area contributed by atoms with E-state index < -0.39 is 6.04 Å². The molecule has 4 rings (SSSR count). The molecule has 8 nitrogen and oxygen atoms in total. The summed E-state index contributed by atoms with van der Waals surface area (Å²) in [6.45, 7) is 0.595. The van der Waals surface area contributed by atoms with Gasteiger partial charge in [0.15, 0.2) is 0 Å². The van der Waals surface area contributed by atoms with Gasteiger partial charge in [0.25, 0.3) is 0 Å². The van der Waals surface area contributed by atoms with E-state index in [1.54, 1.807) is 37.6 Å². The van der Waals surface area contributed by atoms with Crippen molar-refractivity contribution in [3.05, 3.63) is 95.8 Å². The first-order chi connectivity index (χ1) is 16.1. The fourth-order valence-electron chi connectivity index (χ4n) is 3.41. The molecule has 1 atom stereocenters. The molecule has 0 bridgehead atoms. The maximum atomic E-state index is 13.1. The van der Waals surface area contributed by atoms with Crippen molar-refractivity contribution >= 4 is 11.7 Å². The van der Waals surface area contributed by atoms with Crippen LogP contribution in [0.15, 0.2) is 79.1 Å². The average Bonchev–Trinajstić information content (AvgIpc) is 3.29. The van der Waals surface area contributed by atoms with E-state index in [2.05, 4.69) is 31.9 Å². The molecule has 0 aliphatic carbocycles. The number of carbonyl (C=O) groups is 1. The van der Waals surface area contributed by atoms with Gasteiger partial charge in [-0.1, -0.05) is 42.5 Å². The smallest absolute Gasteiger partial charge is 0.247 e. The van der Waals surface area contributed by atoms with Gasteiger partial charge in [0.1, 0.15) is 17.6 Å². The number of hydrogen-bond acceptors (Lipinski definition) is 6. The predicted molar refractivity (Wildman–Crippen MR) is 125 cm³/mol. The van der Waals surface area contributed by atoms with Crippen LogP contribution in [0, 0.1) is 11.3 Å². The third kappa shape index (κ3) is 5.67. The van der Waals surface area contributed by atoms with Crippen LogP contribution >= 0.6 is 0 Å². The van der Waals surface area contributed by atoms with Crippen molar-refractivity contribution < 1.29 is 4.79 Å². The van der Waals surface area contributed by atoms with E-state index >= 15 is 0 Å². The minimum Gasteiger partial charge on any atom is -0.309 e. The molecule has 0 saturated carbocycles. The number of carbonyl (C=O) groups excluding carboxylic acids is 1. The van der Waals surface area contributed by atoms with Gasteiger partial charge in [-0.15, -0.1) is 0 Å². The second-order valence-corrected chi connectivity index (χ2v) is 7.50. The van der Waals surface area contributed by atoms with Crippen LogP contribution in [0.4, 0.5) is 5.82 Å². The van der Waals surface area contributed by atoms with E-state index in [0.717, 1.165) is 28.8 Å². The van der Waals surface area contributed by atoms with Crippen LogP contribution in [0.2, 0.25) is 0 Å². The Kier molecular flexibility index (Phi) is 6.83. The van der Waals surface area contributed by atoms with Crippen LogP contribution in [-0.2, 0) is 18.3 Å². The Hall–Kier alpha value is -4.35. The number of pyridine rings is 1. The molecule has 33 heavy (non-hydrogen) atoms. The first-order valence-corrected chi connectivity index (χ1v) is 10.5. The van der Waals surface area contributed by atoms with Crippen LogP contribution in [0.25, 0.3) is 11.3 Å². The summed E-state index contributed by atoms with van der Waals surface area (Å²) in [5.74, 6) is 0.267. The summed E-state index contributed by atoms with van der Waals surface area (Å²) in [7, 11) is 1.75. The zero-order valence-corrected chi connectivity index (χ0v) is 18.1. The van der Waals surface area contributed by atoms with Gasteiger partial charge < -0.3 is 10.6 Å². The lowest BCUT2D eigenvalue weighted by Crippen LogP contribution is -2.34. The van der Waals surface area contributed by atoms with Gasteiger partial charge in [-0.25, -0.2) is 4.98 Å². The average molecular weight is 438 g/mol. The lowest BCUT2D eigenvalue weighted by Gasteiger charge is -2.19. The quantitative estimate of drug-likeness (QED) is 0.438. The molecule has 1 amide bonds. The number of nitrogens with zero attached hydrogens (tertiary/aromatic N) is 5. The fraction of sp³-hybridized carbons (Fsp3) is 0.160. The highest BCUT2D eigenvalue weighted by Crippen LogP contribution is 2.19. The third-order valence-electron chi connectivity index (χ3n) is 5.15. The summed E-state index contributed by atoms with van der Waals surface area (Å²) in [4.78, 5) is 19.0. The molecule has 2 heterocycles. The number of nitriles is 1. The predicted octanol–water partition coefficient (Wildman–Crippen LogP) is 3.26. The van der Waals surface area contributed by atoms with Crippen molar-refractivity contribution in [1.29, 1.82) is 5.26 Å². The second kappa shape index (κ2) is 10.3. The minimum atomic E-state index is -0.536. The van der Waals surface area contributed by atoms with Gasteiger partial charge in [0.05, 0.1) is 17.8 Å². The zero-order valence-electron chi connectivity index (χ0n) is 18.1. The summed E-state index contributed by atoms with van der Waals surface area (Å²) >= 11 is 0. The molecule has 164 valence electrons. The number of aryl methyl sites for hydroxylation is 1. The van der Waals surface area contributed by atoms with Crippen molar-refractivity contribution in [1.82, 2.24) is 25.3 Å². The van der Waals surface area contributed by atoms with Gasteiger partial charge >= 0.3 is 0 Å². The number of amides is 1. The topological polar surface area (TPSA) is 109 Å². The van der Waals surface area contributed by atoms with E-state index in [-0.39, 0.29) is 5.91 Å². The zero-order chi connectivity index (χ0) is 23.0. The summed E-state index contributed by atoms with van der Waals surface area (Å²) in [5, 5.41) is 23.5. The van der Waals surface area contributed by atoms with Crippen molar-refractivity contribution in [2.45, 2.75) is 12.5 Å². The third-order valence-corrected chi connectivity index (χ3v) is 5.15. The van der Waals surface area contributed by atoms with Crippen LogP contribution in [-0.4, -0.2) is 32.4 Å². The Morgan fingerprint density at radius 2 is 1.85 bits per heavy atom.